The summed E-state index contributed by atoms with van der Waals surface area (Å²) in [5.41, 5.74) is 2.30. The molecule has 1 aromatic carbocycles. The van der Waals surface area contributed by atoms with Crippen molar-refractivity contribution in [3.8, 4) is 0 Å². The Morgan fingerprint density at radius 3 is 2.38 bits per heavy atom. The van der Waals surface area contributed by atoms with E-state index in [0.29, 0.717) is 5.41 Å². The van der Waals surface area contributed by atoms with Gasteiger partial charge in [-0.25, -0.2) is 0 Å². The van der Waals surface area contributed by atoms with Crippen LogP contribution < -0.4 is 5.32 Å². The Kier molecular flexibility index (Phi) is 3.79. The van der Waals surface area contributed by atoms with E-state index < -0.39 is 0 Å². The molecule has 3 fully saturated rings. The zero-order valence-electron chi connectivity index (χ0n) is 13.2. The van der Waals surface area contributed by atoms with Gasteiger partial charge in [0.1, 0.15) is 0 Å². The van der Waals surface area contributed by atoms with E-state index in [1.54, 1.807) is 5.56 Å². The fourth-order valence-corrected chi connectivity index (χ4v) is 5.63. The van der Waals surface area contributed by atoms with Crippen LogP contribution >= 0.6 is 0 Å². The van der Waals surface area contributed by atoms with E-state index in [1.165, 1.54) is 64.5 Å². The van der Waals surface area contributed by atoms with Crippen molar-refractivity contribution in [3.05, 3.63) is 35.9 Å². The molecule has 1 saturated heterocycles. The van der Waals surface area contributed by atoms with Gasteiger partial charge in [0.05, 0.1) is 0 Å². The van der Waals surface area contributed by atoms with E-state index in [0.717, 1.165) is 17.8 Å². The molecule has 21 heavy (non-hydrogen) atoms. The molecule has 1 N–H and O–H groups in total. The highest BCUT2D eigenvalue weighted by molar-refractivity contribution is 5.25. The maximum Gasteiger partial charge on any atom is -0.00462 e. The Morgan fingerprint density at radius 2 is 1.62 bits per heavy atom. The molecule has 1 atom stereocenters. The molecule has 1 heteroatoms. The predicted molar refractivity (Wildman–Crippen MR) is 88.4 cm³/mol. The molecule has 1 aliphatic heterocycles. The van der Waals surface area contributed by atoms with Gasteiger partial charge in [-0.3, -0.25) is 0 Å². The van der Waals surface area contributed by atoms with E-state index >= 15 is 0 Å². The van der Waals surface area contributed by atoms with E-state index in [9.17, 15) is 0 Å². The van der Waals surface area contributed by atoms with Gasteiger partial charge in [-0.2, -0.15) is 0 Å². The van der Waals surface area contributed by atoms with Crippen molar-refractivity contribution in [3.63, 3.8) is 0 Å². The third kappa shape index (κ3) is 2.54. The second-order valence-corrected chi connectivity index (χ2v) is 7.83. The molecule has 2 saturated carbocycles. The first-order valence-electron chi connectivity index (χ1n) is 9.13. The molecule has 0 unspecified atom stereocenters. The molecule has 0 aromatic heterocycles. The summed E-state index contributed by atoms with van der Waals surface area (Å²) in [6.07, 6.45) is 11.8. The van der Waals surface area contributed by atoms with Crippen LogP contribution in [0.4, 0.5) is 0 Å². The van der Waals surface area contributed by atoms with Gasteiger partial charge in [0.25, 0.3) is 0 Å². The average Bonchev–Trinajstić information content (AvgIpc) is 2.54. The van der Waals surface area contributed by atoms with Gasteiger partial charge in [0.15, 0.2) is 0 Å². The number of nitrogens with one attached hydrogen (secondary N) is 1. The summed E-state index contributed by atoms with van der Waals surface area (Å²) >= 11 is 0. The van der Waals surface area contributed by atoms with Gasteiger partial charge in [-0.1, -0.05) is 43.2 Å². The highest BCUT2D eigenvalue weighted by Gasteiger charge is 2.52. The normalized spacial score (nSPS) is 37.3. The van der Waals surface area contributed by atoms with Crippen LogP contribution in [0.3, 0.4) is 0 Å². The van der Waals surface area contributed by atoms with Crippen molar-refractivity contribution in [2.24, 2.45) is 17.3 Å². The van der Waals surface area contributed by atoms with Crippen LogP contribution in [0.25, 0.3) is 0 Å². The molecule has 0 amide bonds. The third-order valence-corrected chi connectivity index (χ3v) is 6.75. The van der Waals surface area contributed by atoms with E-state index in [4.69, 9.17) is 0 Å². The van der Waals surface area contributed by atoms with E-state index in [2.05, 4.69) is 35.6 Å². The van der Waals surface area contributed by atoms with Gasteiger partial charge in [0, 0.05) is 0 Å². The largest absolute Gasteiger partial charge is 0.317 e. The summed E-state index contributed by atoms with van der Waals surface area (Å²) in [6, 6.07) is 11.4. The summed E-state index contributed by atoms with van der Waals surface area (Å²) < 4.78 is 0. The molecule has 1 spiro atoms. The van der Waals surface area contributed by atoms with Crippen LogP contribution in [0.2, 0.25) is 0 Å². The van der Waals surface area contributed by atoms with Gasteiger partial charge in [-0.15, -0.1) is 0 Å². The first-order chi connectivity index (χ1) is 10.4. The van der Waals surface area contributed by atoms with Crippen molar-refractivity contribution in [1.82, 2.24) is 5.32 Å². The quantitative estimate of drug-likeness (QED) is 0.826. The lowest BCUT2D eigenvalue weighted by molar-refractivity contribution is -0.0407. The van der Waals surface area contributed by atoms with Crippen LogP contribution in [-0.2, 0) is 0 Å². The summed E-state index contributed by atoms with van der Waals surface area (Å²) in [7, 11) is 0. The van der Waals surface area contributed by atoms with Crippen LogP contribution in [0.15, 0.2) is 30.3 Å². The molecule has 1 heterocycles. The molecular formula is C20H29N. The Morgan fingerprint density at radius 1 is 0.857 bits per heavy atom. The van der Waals surface area contributed by atoms with Gasteiger partial charge >= 0.3 is 0 Å². The highest BCUT2D eigenvalue weighted by atomic mass is 14.9. The van der Waals surface area contributed by atoms with Crippen molar-refractivity contribution >= 4 is 0 Å². The van der Waals surface area contributed by atoms with Crippen LogP contribution in [0.1, 0.15) is 62.8 Å². The first-order valence-corrected chi connectivity index (χ1v) is 9.13. The maximum atomic E-state index is 3.52. The predicted octanol–water partition coefficient (Wildman–Crippen LogP) is 4.74. The molecule has 1 aromatic rings. The second-order valence-electron chi connectivity index (χ2n) is 7.83. The number of hydrogen-bond donors (Lipinski definition) is 1. The standard InChI is InChI=1S/C20H29N/c1-2-6-17(7-3-1)19-8-4-5-11-20(19)14-18(15-20)16-9-12-21-13-10-16/h1-3,6-7,16,18-19,21H,4-5,8-15H2/t18?,19-,20?/m0/s1. The average molecular weight is 283 g/mol. The molecule has 4 rings (SSSR count). The first kappa shape index (κ1) is 13.8. The molecule has 0 bridgehead atoms. The third-order valence-electron chi connectivity index (χ3n) is 6.75. The summed E-state index contributed by atoms with van der Waals surface area (Å²) in [6.45, 7) is 2.52. The second kappa shape index (κ2) is 5.76. The number of hydrogen-bond acceptors (Lipinski definition) is 1. The molecule has 2 aliphatic carbocycles. The molecule has 3 aliphatic rings. The zero-order chi connectivity index (χ0) is 14.1. The highest BCUT2D eigenvalue weighted by Crippen LogP contribution is 2.63. The van der Waals surface area contributed by atoms with Crippen LogP contribution in [0, 0.1) is 17.3 Å². The topological polar surface area (TPSA) is 12.0 Å². The Labute approximate surface area is 129 Å². The summed E-state index contributed by atoms with van der Waals surface area (Å²) in [5.74, 6) is 2.91. The lowest BCUT2D eigenvalue weighted by Crippen LogP contribution is -2.48. The molecule has 1 nitrogen and oxygen atoms in total. The molecule has 114 valence electrons. The monoisotopic (exact) mass is 283 g/mol. The minimum atomic E-state index is 0.676. The fraction of sp³-hybridized carbons (Fsp3) is 0.700. The van der Waals surface area contributed by atoms with Gasteiger partial charge in [-0.05, 0) is 80.3 Å². The Balaban J connectivity index is 1.48. The lowest BCUT2D eigenvalue weighted by atomic mass is 9.47. The lowest BCUT2D eigenvalue weighted by Gasteiger charge is -2.57. The molecular weight excluding hydrogens is 254 g/mol. The SMILES string of the molecule is c1ccc([C@@H]2CCCCC23CC(C2CCNCC2)C3)cc1. The smallest absolute Gasteiger partial charge is 0.00462 e. The van der Waals surface area contributed by atoms with E-state index in [1.807, 2.05) is 0 Å². The Hall–Kier alpha value is -0.820. The Bertz CT molecular complexity index is 454. The minimum absolute atomic E-state index is 0.676. The van der Waals surface area contributed by atoms with Crippen molar-refractivity contribution in [1.29, 1.82) is 0 Å². The summed E-state index contributed by atoms with van der Waals surface area (Å²) in [4.78, 5) is 0. The van der Waals surface area contributed by atoms with E-state index in [-0.39, 0.29) is 0 Å². The molecule has 0 radical (unpaired) electrons. The van der Waals surface area contributed by atoms with Gasteiger partial charge < -0.3 is 5.32 Å². The number of piperidine rings is 1. The van der Waals surface area contributed by atoms with Crippen molar-refractivity contribution < 1.29 is 0 Å². The summed E-state index contributed by atoms with van der Waals surface area (Å²) in [5, 5.41) is 3.52. The maximum absolute atomic E-state index is 3.52. The minimum Gasteiger partial charge on any atom is -0.317 e. The number of benzene rings is 1. The van der Waals surface area contributed by atoms with Crippen molar-refractivity contribution in [2.75, 3.05) is 13.1 Å². The zero-order valence-corrected chi connectivity index (χ0v) is 13.2. The van der Waals surface area contributed by atoms with Gasteiger partial charge in [0.2, 0.25) is 0 Å². The van der Waals surface area contributed by atoms with Crippen LogP contribution in [0.5, 0.6) is 0 Å². The van der Waals surface area contributed by atoms with Crippen LogP contribution in [-0.4, -0.2) is 13.1 Å². The number of rotatable bonds is 2. The fourth-order valence-electron chi connectivity index (χ4n) is 5.63. The van der Waals surface area contributed by atoms with Crippen molar-refractivity contribution in [2.45, 2.75) is 57.3 Å².